The fourth-order valence-corrected chi connectivity index (χ4v) is 11.7. The molecule has 0 saturated carbocycles. The van der Waals surface area contributed by atoms with E-state index in [2.05, 4.69) is 175 Å². The summed E-state index contributed by atoms with van der Waals surface area (Å²) in [6, 6.07) is 57.6. The Morgan fingerprint density at radius 3 is 2.09 bits per heavy atom. The minimum atomic E-state index is -0.106. The van der Waals surface area contributed by atoms with Gasteiger partial charge in [0, 0.05) is 48.6 Å². The van der Waals surface area contributed by atoms with E-state index in [-0.39, 0.29) is 12.3 Å². The number of hydrogen-bond donors (Lipinski definition) is 0. The summed E-state index contributed by atoms with van der Waals surface area (Å²) in [6.45, 7) is 4.76. The van der Waals surface area contributed by atoms with Crippen LogP contribution in [0.15, 0.2) is 152 Å². The number of fused-ring (bicyclic) bond motifs is 16. The number of anilines is 2. The van der Waals surface area contributed by atoms with Gasteiger partial charge in [0.15, 0.2) is 0 Å². The molecule has 1 aliphatic carbocycles. The Kier molecular flexibility index (Phi) is 5.19. The van der Waals surface area contributed by atoms with Crippen molar-refractivity contribution < 1.29 is 0 Å². The van der Waals surface area contributed by atoms with Crippen LogP contribution in [0.1, 0.15) is 25.0 Å². The second-order valence-electron chi connectivity index (χ2n) is 15.6. The summed E-state index contributed by atoms with van der Waals surface area (Å²) in [5, 5.41) is 7.79. The summed E-state index contributed by atoms with van der Waals surface area (Å²) < 4.78 is 5.36. The summed E-state index contributed by atoms with van der Waals surface area (Å²) in [6.07, 6.45) is 0. The van der Waals surface area contributed by atoms with Gasteiger partial charge in [-0.3, -0.25) is 0 Å². The van der Waals surface area contributed by atoms with Gasteiger partial charge >= 0.3 is 6.85 Å². The van der Waals surface area contributed by atoms with Crippen molar-refractivity contribution in [3.8, 4) is 27.9 Å². The molecule has 0 radical (unpaired) electrons. The van der Waals surface area contributed by atoms with Gasteiger partial charge in [0.1, 0.15) is 0 Å². The molecule has 2 aromatic heterocycles. The fraction of sp³-hybridized carbons (Fsp3) is 0.0612. The molecule has 2 nitrogen and oxygen atoms in total. The highest BCUT2D eigenvalue weighted by atomic mass is 32.1. The second kappa shape index (κ2) is 9.66. The van der Waals surface area contributed by atoms with Gasteiger partial charge in [-0.2, -0.15) is 0 Å². The predicted octanol–water partition coefficient (Wildman–Crippen LogP) is 11.8. The Morgan fingerprint density at radius 2 is 1.21 bits per heavy atom. The minimum absolute atomic E-state index is 0.0284. The highest BCUT2D eigenvalue weighted by molar-refractivity contribution is 7.26. The third-order valence-corrected chi connectivity index (χ3v) is 13.9. The lowest BCUT2D eigenvalue weighted by Gasteiger charge is -2.43. The van der Waals surface area contributed by atoms with Gasteiger partial charge in [-0.1, -0.05) is 141 Å². The van der Waals surface area contributed by atoms with E-state index in [1.807, 2.05) is 11.3 Å². The normalized spacial score (nSPS) is 14.7. The number of rotatable bonds is 1. The van der Waals surface area contributed by atoms with E-state index < -0.39 is 0 Å². The molecular weight excluding hydrogens is 659 g/mol. The molecule has 4 heterocycles. The SMILES string of the molecule is CC1(C)c2ccccc2-c2ccc(N3B4c5c(cc6ccccc6c5-n5c6c4cccc6c4sc6ccccc6c45)-c4ccc5ccccc5c43)cc21. The summed E-state index contributed by atoms with van der Waals surface area (Å²) in [7, 11) is 0. The molecule has 8 aromatic carbocycles. The molecule has 13 rings (SSSR count). The van der Waals surface area contributed by atoms with Crippen molar-refractivity contribution in [1.29, 1.82) is 0 Å². The molecule has 0 saturated heterocycles. The number of benzene rings is 8. The zero-order valence-electron chi connectivity index (χ0n) is 29.3. The summed E-state index contributed by atoms with van der Waals surface area (Å²) in [5.74, 6) is 0. The Bertz CT molecular complexity index is 3290. The molecule has 2 aliphatic heterocycles. The zero-order chi connectivity index (χ0) is 34.7. The monoisotopic (exact) mass is 690 g/mol. The number of para-hydroxylation sites is 1. The van der Waals surface area contributed by atoms with E-state index in [0.717, 1.165) is 0 Å². The van der Waals surface area contributed by atoms with Gasteiger partial charge in [0.2, 0.25) is 0 Å². The van der Waals surface area contributed by atoms with Crippen LogP contribution in [0.2, 0.25) is 0 Å². The van der Waals surface area contributed by atoms with Crippen LogP contribution in [0.4, 0.5) is 11.4 Å². The van der Waals surface area contributed by atoms with Crippen molar-refractivity contribution in [2.45, 2.75) is 19.3 Å². The van der Waals surface area contributed by atoms with Crippen LogP contribution in [0, 0.1) is 0 Å². The van der Waals surface area contributed by atoms with Crippen LogP contribution in [0.3, 0.4) is 0 Å². The topological polar surface area (TPSA) is 8.17 Å². The number of aromatic nitrogens is 1. The summed E-state index contributed by atoms with van der Waals surface area (Å²) in [4.78, 5) is 2.72. The smallest absolute Gasteiger partial charge is 0.333 e. The first-order valence-corrected chi connectivity index (χ1v) is 19.5. The first-order chi connectivity index (χ1) is 26.1. The first kappa shape index (κ1) is 28.5. The average Bonchev–Trinajstić information content (AvgIpc) is 3.81. The standard InChI is InChI=1S/C49H31BN2S/c1-49(2)39-19-9-7-16-33(39)34-25-23-30(27-40(34)49)52-44-31-14-5-3-12-28(31)22-24-35(44)38-26-29-13-4-6-15-32(29)46-43(38)50(52)41-20-11-18-37-45(41)51(46)47-36-17-8-10-21-42(36)53-48(37)47/h3-27H,1-2H3. The molecule has 4 heteroatoms. The Hall–Kier alpha value is -6.10. The van der Waals surface area contributed by atoms with Gasteiger partial charge < -0.3 is 9.38 Å². The molecule has 0 unspecified atom stereocenters. The third-order valence-electron chi connectivity index (χ3n) is 12.7. The third kappa shape index (κ3) is 3.38. The van der Waals surface area contributed by atoms with Crippen LogP contribution in [-0.2, 0) is 5.41 Å². The number of hydrogen-bond acceptors (Lipinski definition) is 2. The maximum atomic E-state index is 2.72. The molecule has 0 bridgehead atoms. The Balaban J connectivity index is 1.23. The number of nitrogens with zero attached hydrogens (tertiary/aromatic N) is 2. The largest absolute Gasteiger partial charge is 0.376 e. The van der Waals surface area contributed by atoms with E-state index in [0.29, 0.717) is 0 Å². The molecule has 0 spiro atoms. The van der Waals surface area contributed by atoms with Gasteiger partial charge in [-0.25, -0.2) is 0 Å². The minimum Gasteiger partial charge on any atom is -0.376 e. The van der Waals surface area contributed by atoms with Crippen molar-refractivity contribution in [3.63, 3.8) is 0 Å². The van der Waals surface area contributed by atoms with Crippen molar-refractivity contribution in [2.24, 2.45) is 0 Å². The maximum absolute atomic E-state index is 2.72. The molecule has 10 aromatic rings. The average molecular weight is 691 g/mol. The Labute approximate surface area is 311 Å². The van der Waals surface area contributed by atoms with Crippen LogP contribution >= 0.6 is 11.3 Å². The van der Waals surface area contributed by atoms with Crippen LogP contribution in [0.25, 0.3) is 80.7 Å². The lowest BCUT2D eigenvalue weighted by molar-refractivity contribution is 0.660. The predicted molar refractivity (Wildman–Crippen MR) is 228 cm³/mol. The van der Waals surface area contributed by atoms with E-state index >= 15 is 0 Å². The highest BCUT2D eigenvalue weighted by Gasteiger charge is 2.46. The molecular formula is C49H31BN2S. The van der Waals surface area contributed by atoms with Gasteiger partial charge in [-0.15, -0.1) is 11.3 Å². The van der Waals surface area contributed by atoms with Gasteiger partial charge in [0.25, 0.3) is 0 Å². The molecule has 0 amide bonds. The van der Waals surface area contributed by atoms with Crippen LogP contribution < -0.4 is 15.7 Å². The van der Waals surface area contributed by atoms with Gasteiger partial charge in [-0.05, 0) is 73.8 Å². The van der Waals surface area contributed by atoms with E-state index in [1.54, 1.807) is 0 Å². The van der Waals surface area contributed by atoms with E-state index in [1.165, 1.54) is 114 Å². The summed E-state index contributed by atoms with van der Waals surface area (Å²) in [5.41, 5.74) is 17.3. The molecule has 53 heavy (non-hydrogen) atoms. The van der Waals surface area contributed by atoms with Crippen LogP contribution in [-0.4, -0.2) is 11.4 Å². The van der Waals surface area contributed by atoms with Crippen molar-refractivity contribution in [2.75, 3.05) is 4.81 Å². The summed E-state index contributed by atoms with van der Waals surface area (Å²) >= 11 is 1.93. The lowest BCUT2D eigenvalue weighted by Crippen LogP contribution is -2.60. The van der Waals surface area contributed by atoms with Crippen LogP contribution in [0.5, 0.6) is 0 Å². The van der Waals surface area contributed by atoms with Crippen molar-refractivity contribution >= 4 is 93.2 Å². The number of thiophene rings is 1. The fourth-order valence-electron chi connectivity index (χ4n) is 10.5. The van der Waals surface area contributed by atoms with E-state index in [4.69, 9.17) is 0 Å². The molecule has 0 atom stereocenters. The van der Waals surface area contributed by atoms with Gasteiger partial charge in [0.05, 0.1) is 21.4 Å². The molecule has 246 valence electrons. The molecule has 0 fully saturated rings. The highest BCUT2D eigenvalue weighted by Crippen LogP contribution is 2.53. The molecule has 0 N–H and O–H groups in total. The van der Waals surface area contributed by atoms with E-state index in [9.17, 15) is 0 Å². The Morgan fingerprint density at radius 1 is 0.509 bits per heavy atom. The lowest BCUT2D eigenvalue weighted by atomic mass is 9.43. The maximum Gasteiger partial charge on any atom is 0.333 e. The second-order valence-corrected chi connectivity index (χ2v) is 16.7. The van der Waals surface area contributed by atoms with Crippen molar-refractivity contribution in [1.82, 2.24) is 4.57 Å². The van der Waals surface area contributed by atoms with Crippen molar-refractivity contribution in [3.05, 3.63) is 163 Å². The first-order valence-electron chi connectivity index (χ1n) is 18.6. The quantitative estimate of drug-likeness (QED) is 0.156. The molecule has 3 aliphatic rings. The zero-order valence-corrected chi connectivity index (χ0v) is 30.1.